The summed E-state index contributed by atoms with van der Waals surface area (Å²) in [5.41, 5.74) is 14.6. The van der Waals surface area contributed by atoms with Gasteiger partial charge in [0, 0.05) is 24.3 Å². The molecule has 0 aromatic heterocycles. The Bertz CT molecular complexity index is 812. The number of nitrogen functional groups attached to an aromatic ring is 1. The fraction of sp³-hybridized carbons (Fsp3) is 0.316. The normalized spacial score (nSPS) is 14.3. The molecule has 1 aliphatic rings. The fourth-order valence-electron chi connectivity index (χ4n) is 3.04. The molecule has 0 spiro atoms. The second-order valence-corrected chi connectivity index (χ2v) is 6.44. The van der Waals surface area contributed by atoms with Crippen LogP contribution in [-0.4, -0.2) is 5.91 Å². The monoisotopic (exact) mass is 363 g/mol. The third-order valence-corrected chi connectivity index (χ3v) is 4.63. The van der Waals surface area contributed by atoms with E-state index in [4.69, 9.17) is 11.5 Å². The van der Waals surface area contributed by atoms with Crippen molar-refractivity contribution in [2.45, 2.75) is 38.0 Å². The molecule has 1 aliphatic carbocycles. The van der Waals surface area contributed by atoms with E-state index in [1.807, 2.05) is 12.1 Å². The molecule has 0 bridgehead atoms. The molecule has 5 N–H and O–H groups in total. The van der Waals surface area contributed by atoms with Crippen LogP contribution in [-0.2, 0) is 19.3 Å². The lowest BCUT2D eigenvalue weighted by Gasteiger charge is -2.17. The first-order chi connectivity index (χ1) is 12.3. The summed E-state index contributed by atoms with van der Waals surface area (Å²) in [6, 6.07) is 7.93. The minimum atomic E-state index is -4.42. The summed E-state index contributed by atoms with van der Waals surface area (Å²) in [4.78, 5) is 12.3. The highest BCUT2D eigenvalue weighted by Crippen LogP contribution is 2.43. The maximum absolute atomic E-state index is 12.6. The molecule has 2 aromatic rings. The Morgan fingerprint density at radius 3 is 2.27 bits per heavy atom. The summed E-state index contributed by atoms with van der Waals surface area (Å²) in [5, 5.41) is 2.77. The van der Waals surface area contributed by atoms with Gasteiger partial charge < -0.3 is 16.8 Å². The molecule has 0 atom stereocenters. The molecular weight excluding hydrogens is 343 g/mol. The van der Waals surface area contributed by atoms with E-state index >= 15 is 0 Å². The van der Waals surface area contributed by atoms with Gasteiger partial charge in [-0.05, 0) is 65.8 Å². The van der Waals surface area contributed by atoms with Crippen molar-refractivity contribution < 1.29 is 18.0 Å². The molecule has 4 nitrogen and oxygen atoms in total. The molecule has 0 aliphatic heterocycles. The van der Waals surface area contributed by atoms with Gasteiger partial charge in [0.25, 0.3) is 5.91 Å². The molecule has 7 heteroatoms. The highest BCUT2D eigenvalue weighted by Gasteiger charge is 2.30. The van der Waals surface area contributed by atoms with Crippen LogP contribution in [0.5, 0.6) is 0 Å². The maximum Gasteiger partial charge on any atom is 0.416 e. The van der Waals surface area contributed by atoms with E-state index in [-0.39, 0.29) is 18.7 Å². The Morgan fingerprint density at radius 2 is 1.73 bits per heavy atom. The summed E-state index contributed by atoms with van der Waals surface area (Å²) in [6.07, 6.45) is -2.24. The van der Waals surface area contributed by atoms with E-state index in [0.29, 0.717) is 11.6 Å². The van der Waals surface area contributed by atoms with Gasteiger partial charge >= 0.3 is 6.18 Å². The molecule has 138 valence electrons. The lowest BCUT2D eigenvalue weighted by atomic mass is 9.96. The average molecular weight is 363 g/mol. The summed E-state index contributed by atoms with van der Waals surface area (Å²) < 4.78 is 37.8. The molecule has 0 radical (unpaired) electrons. The molecule has 26 heavy (non-hydrogen) atoms. The maximum atomic E-state index is 12.6. The van der Waals surface area contributed by atoms with Gasteiger partial charge in [-0.1, -0.05) is 6.07 Å². The van der Waals surface area contributed by atoms with Crippen LogP contribution in [0.1, 0.15) is 51.4 Å². The lowest BCUT2D eigenvalue weighted by Crippen LogP contribution is -2.25. The molecule has 1 saturated carbocycles. The van der Waals surface area contributed by atoms with Gasteiger partial charge in [-0.2, -0.15) is 13.2 Å². The van der Waals surface area contributed by atoms with E-state index in [1.54, 1.807) is 0 Å². The van der Waals surface area contributed by atoms with E-state index in [9.17, 15) is 18.0 Å². The van der Waals surface area contributed by atoms with Crippen molar-refractivity contribution >= 4 is 11.6 Å². The number of nitrogens with one attached hydrogen (secondary N) is 1. The zero-order valence-corrected chi connectivity index (χ0v) is 14.1. The zero-order chi connectivity index (χ0) is 18.9. The largest absolute Gasteiger partial charge is 0.416 e. The minimum absolute atomic E-state index is 0.171. The highest BCUT2D eigenvalue weighted by atomic mass is 19.4. The SMILES string of the molecule is NCc1c(N)ccc(C2CC2)c1CNC(=O)c1ccc(C(F)(F)F)cc1. The van der Waals surface area contributed by atoms with Crippen molar-refractivity contribution in [2.24, 2.45) is 5.73 Å². The van der Waals surface area contributed by atoms with Crippen LogP contribution in [0, 0.1) is 0 Å². The van der Waals surface area contributed by atoms with Crippen LogP contribution in [0.15, 0.2) is 36.4 Å². The number of alkyl halides is 3. The van der Waals surface area contributed by atoms with Crippen LogP contribution in [0.25, 0.3) is 0 Å². The summed E-state index contributed by atoms with van der Waals surface area (Å²) in [7, 11) is 0. The van der Waals surface area contributed by atoms with Crippen LogP contribution < -0.4 is 16.8 Å². The quantitative estimate of drug-likeness (QED) is 0.711. The van der Waals surface area contributed by atoms with Crippen molar-refractivity contribution in [3.63, 3.8) is 0 Å². The number of hydrogen-bond donors (Lipinski definition) is 3. The number of benzene rings is 2. The van der Waals surface area contributed by atoms with Crippen LogP contribution in [0.2, 0.25) is 0 Å². The van der Waals surface area contributed by atoms with E-state index < -0.39 is 17.6 Å². The lowest BCUT2D eigenvalue weighted by molar-refractivity contribution is -0.137. The molecular formula is C19H20F3N3O. The Morgan fingerprint density at radius 1 is 1.08 bits per heavy atom. The van der Waals surface area contributed by atoms with Gasteiger partial charge in [-0.3, -0.25) is 4.79 Å². The van der Waals surface area contributed by atoms with Crippen LogP contribution in [0.3, 0.4) is 0 Å². The summed E-state index contributed by atoms with van der Waals surface area (Å²) in [6.45, 7) is 0.501. The third kappa shape index (κ3) is 3.83. The standard InChI is InChI=1S/C19H20F3N3O/c20-19(21,22)13-5-3-12(4-6-13)18(26)25-10-16-14(11-1-2-11)7-8-17(24)15(16)9-23/h3-8,11H,1-2,9-10,23-24H2,(H,25,26). The smallest absolute Gasteiger partial charge is 0.398 e. The van der Waals surface area contributed by atoms with Gasteiger partial charge in [0.15, 0.2) is 0 Å². The first kappa shape index (κ1) is 18.3. The predicted molar refractivity (Wildman–Crippen MR) is 93.3 cm³/mol. The van der Waals surface area contributed by atoms with E-state index in [0.717, 1.165) is 41.7 Å². The molecule has 1 fully saturated rings. The van der Waals surface area contributed by atoms with Crippen LogP contribution >= 0.6 is 0 Å². The van der Waals surface area contributed by atoms with Crippen molar-refractivity contribution in [1.29, 1.82) is 0 Å². The Kier molecular flexibility index (Phi) is 4.91. The van der Waals surface area contributed by atoms with Crippen molar-refractivity contribution in [3.05, 3.63) is 64.2 Å². The summed E-state index contributed by atoms with van der Waals surface area (Å²) in [5.74, 6) is 0.0183. The number of carbonyl (C=O) groups excluding carboxylic acids is 1. The fourth-order valence-corrected chi connectivity index (χ4v) is 3.04. The third-order valence-electron chi connectivity index (χ3n) is 4.63. The van der Waals surface area contributed by atoms with E-state index in [1.165, 1.54) is 12.1 Å². The zero-order valence-electron chi connectivity index (χ0n) is 14.1. The second kappa shape index (κ2) is 6.99. The molecule has 0 heterocycles. The van der Waals surface area contributed by atoms with Crippen molar-refractivity contribution in [2.75, 3.05) is 5.73 Å². The predicted octanol–water partition coefficient (Wildman–Crippen LogP) is 3.55. The molecule has 0 unspecified atom stereocenters. The summed E-state index contributed by atoms with van der Waals surface area (Å²) >= 11 is 0. The van der Waals surface area contributed by atoms with Crippen molar-refractivity contribution in [1.82, 2.24) is 5.32 Å². The Labute approximate surface area is 149 Å². The number of rotatable bonds is 5. The number of hydrogen-bond acceptors (Lipinski definition) is 3. The second-order valence-electron chi connectivity index (χ2n) is 6.44. The van der Waals surface area contributed by atoms with Crippen LogP contribution in [0.4, 0.5) is 18.9 Å². The van der Waals surface area contributed by atoms with E-state index in [2.05, 4.69) is 5.32 Å². The Hall–Kier alpha value is -2.54. The number of carbonyl (C=O) groups is 1. The van der Waals surface area contributed by atoms with Gasteiger partial charge in [0.2, 0.25) is 0 Å². The molecule has 0 saturated heterocycles. The number of nitrogens with two attached hydrogens (primary N) is 2. The average Bonchev–Trinajstić information content (AvgIpc) is 3.44. The number of amides is 1. The highest BCUT2D eigenvalue weighted by molar-refractivity contribution is 5.94. The molecule has 3 rings (SSSR count). The molecule has 1 amide bonds. The van der Waals surface area contributed by atoms with Gasteiger partial charge in [-0.15, -0.1) is 0 Å². The first-order valence-electron chi connectivity index (χ1n) is 8.37. The number of halogens is 3. The van der Waals surface area contributed by atoms with Gasteiger partial charge in [-0.25, -0.2) is 0 Å². The topological polar surface area (TPSA) is 81.1 Å². The first-order valence-corrected chi connectivity index (χ1v) is 8.37. The van der Waals surface area contributed by atoms with Gasteiger partial charge in [0.05, 0.1) is 5.56 Å². The molecule has 2 aromatic carbocycles. The minimum Gasteiger partial charge on any atom is -0.398 e. The number of anilines is 1. The van der Waals surface area contributed by atoms with Gasteiger partial charge in [0.1, 0.15) is 0 Å². The Balaban J connectivity index is 1.76. The van der Waals surface area contributed by atoms with Crippen molar-refractivity contribution in [3.8, 4) is 0 Å².